The minimum absolute atomic E-state index is 0.0620. The Balaban J connectivity index is 1.79. The maximum absolute atomic E-state index is 12.3. The molecule has 14 nitrogen and oxygen atoms in total. The Bertz CT molecular complexity index is 2220. The normalized spacial score (nSPS) is 17.4. The zero-order valence-corrected chi connectivity index (χ0v) is 36.7. The van der Waals surface area contributed by atoms with Gasteiger partial charge in [0.2, 0.25) is 5.36 Å². The lowest BCUT2D eigenvalue weighted by molar-refractivity contribution is -0.137. The predicted octanol–water partition coefficient (Wildman–Crippen LogP) is 5.70. The third kappa shape index (κ3) is 13.6. The zero-order chi connectivity index (χ0) is 43.4. The van der Waals surface area contributed by atoms with Crippen LogP contribution in [-0.2, 0) is 50.1 Å². The third-order valence-electron chi connectivity index (χ3n) is 10.5. The Morgan fingerprint density at radius 3 is 2.31 bits per heavy atom. The van der Waals surface area contributed by atoms with Gasteiger partial charge in [-0.05, 0) is 92.1 Å². The summed E-state index contributed by atoms with van der Waals surface area (Å²) >= 11 is 0. The van der Waals surface area contributed by atoms with Gasteiger partial charge in [-0.15, -0.1) is 0 Å². The van der Waals surface area contributed by atoms with Crippen LogP contribution >= 0.6 is 0 Å². The van der Waals surface area contributed by atoms with Gasteiger partial charge in [-0.25, -0.2) is 21.4 Å². The first-order valence-electron chi connectivity index (χ1n) is 20.0. The van der Waals surface area contributed by atoms with E-state index in [-0.39, 0.29) is 23.2 Å². The predicted molar refractivity (Wildman–Crippen MR) is 224 cm³/mol. The molecule has 1 N–H and O–H groups in total. The first kappa shape index (κ1) is 47.8. The van der Waals surface area contributed by atoms with Gasteiger partial charge in [0.15, 0.2) is 0 Å². The first-order valence-corrected chi connectivity index (χ1v) is 23.0. The standard InChI is InChI=1S/C43H60N2O12S2/c1-7-44(21-12-28-58(48,49)50)32-16-18-35-36(42(2,3)4)30-33(57-39(35)29-32)13-11-14-40-43(5,20-23-55-26-27-56-25-24-54-6)37-31-34(59(51,52)53)17-19-38(37)45(40)22-10-8-9-15-41(46)47/h11,13-14,16-19,29-31H,7-10,12,15,20-28H2,1-6H3,(H2-,46,47,48,49,50,51,52,53)/p-1. The lowest BCUT2D eigenvalue weighted by Crippen LogP contribution is -2.31. The Hall–Kier alpha value is -3.90. The van der Waals surface area contributed by atoms with Crippen molar-refractivity contribution < 1.29 is 54.5 Å². The summed E-state index contributed by atoms with van der Waals surface area (Å²) in [6.45, 7) is 13.7. The van der Waals surface area contributed by atoms with Gasteiger partial charge in [0.25, 0.3) is 0 Å². The number of benzene rings is 2. The number of unbranched alkanes of at least 4 members (excludes halogenated alkanes) is 2. The van der Waals surface area contributed by atoms with Crippen LogP contribution in [-0.4, -0.2) is 103 Å². The summed E-state index contributed by atoms with van der Waals surface area (Å²) in [6.07, 6.45) is 8.26. The summed E-state index contributed by atoms with van der Waals surface area (Å²) in [7, 11) is -7.48. The smallest absolute Gasteiger partial charge is 0.303 e. The molecule has 326 valence electrons. The molecule has 2 heterocycles. The first-order chi connectivity index (χ1) is 27.8. The number of allylic oxidation sites excluding steroid dienone is 3. The molecule has 1 aromatic carbocycles. The van der Waals surface area contributed by atoms with Crippen molar-refractivity contribution in [3.63, 3.8) is 0 Å². The number of hydrogen-bond donors (Lipinski definition) is 1. The van der Waals surface area contributed by atoms with Crippen molar-refractivity contribution in [1.82, 2.24) is 4.58 Å². The van der Waals surface area contributed by atoms with E-state index in [1.54, 1.807) is 13.2 Å². The van der Waals surface area contributed by atoms with Gasteiger partial charge in [-0.2, -0.15) is 0 Å². The Labute approximate surface area is 349 Å². The largest absolute Gasteiger partial charge is 0.748 e. The average Bonchev–Trinajstić information content (AvgIpc) is 3.38. The summed E-state index contributed by atoms with van der Waals surface area (Å²) in [5.41, 5.74) is 3.20. The van der Waals surface area contributed by atoms with Crippen LogP contribution in [0.5, 0.6) is 0 Å². The van der Waals surface area contributed by atoms with Gasteiger partial charge in [0, 0.05) is 67.3 Å². The quantitative estimate of drug-likeness (QED) is 0.0693. The average molecular weight is 860 g/mol. The molecular formula is C43H59N2O12S2-. The Morgan fingerprint density at radius 1 is 0.949 bits per heavy atom. The second-order valence-corrected chi connectivity index (χ2v) is 18.8. The van der Waals surface area contributed by atoms with Gasteiger partial charge >= 0.3 is 5.97 Å². The summed E-state index contributed by atoms with van der Waals surface area (Å²) < 4.78 is 95.5. The molecule has 0 fully saturated rings. The fraction of sp³-hybridized carbons (Fsp3) is 0.535. The van der Waals surface area contributed by atoms with Crippen LogP contribution in [0.1, 0.15) is 90.0 Å². The van der Waals surface area contributed by atoms with Crippen molar-refractivity contribution in [3.8, 4) is 11.3 Å². The van der Waals surface area contributed by atoms with Crippen molar-refractivity contribution >= 4 is 38.0 Å². The number of carboxylic acid groups (broad SMARTS) is 1. The summed E-state index contributed by atoms with van der Waals surface area (Å²) in [6, 6.07) is 12.3. The van der Waals surface area contributed by atoms with Crippen LogP contribution < -0.4 is 14.8 Å². The highest BCUT2D eigenvalue weighted by Crippen LogP contribution is 2.51. The molecule has 59 heavy (non-hydrogen) atoms. The van der Waals surface area contributed by atoms with Crippen LogP contribution in [0, 0.1) is 0 Å². The second-order valence-electron chi connectivity index (χ2n) is 15.9. The van der Waals surface area contributed by atoms with E-state index in [4.69, 9.17) is 18.6 Å². The van der Waals surface area contributed by atoms with Gasteiger partial charge < -0.3 is 37.7 Å². The second kappa shape index (κ2) is 21.1. The number of carboxylic acids is 1. The van der Waals surface area contributed by atoms with E-state index in [1.807, 2.05) is 60.9 Å². The van der Waals surface area contributed by atoms with Crippen molar-refractivity contribution in [3.05, 3.63) is 82.6 Å². The van der Waals surface area contributed by atoms with E-state index in [0.29, 0.717) is 95.4 Å². The van der Waals surface area contributed by atoms with Crippen LogP contribution in [0.15, 0.2) is 69.6 Å². The van der Waals surface area contributed by atoms with Gasteiger partial charge in [-0.1, -0.05) is 33.3 Å². The van der Waals surface area contributed by atoms with Crippen LogP contribution in [0.3, 0.4) is 0 Å². The van der Waals surface area contributed by atoms with E-state index < -0.39 is 37.4 Å². The highest BCUT2D eigenvalue weighted by atomic mass is 32.2. The molecule has 4 rings (SSSR count). The fourth-order valence-electron chi connectivity index (χ4n) is 7.38. The number of fused-ring (bicyclic) bond motifs is 2. The molecule has 0 saturated heterocycles. The zero-order valence-electron chi connectivity index (χ0n) is 35.0. The van der Waals surface area contributed by atoms with Gasteiger partial charge in [0.1, 0.15) is 34.7 Å². The van der Waals surface area contributed by atoms with Crippen LogP contribution in [0.25, 0.3) is 17.4 Å². The molecule has 0 aromatic heterocycles. The third-order valence-corrected chi connectivity index (χ3v) is 12.1. The van der Waals surface area contributed by atoms with Gasteiger partial charge in [0.05, 0.1) is 47.5 Å². The number of carbonyl (C=O) groups is 1. The van der Waals surface area contributed by atoms with E-state index in [1.165, 1.54) is 12.1 Å². The molecular weight excluding hydrogens is 801 g/mol. The molecule has 0 spiro atoms. The number of rotatable bonds is 23. The number of hydrogen-bond acceptors (Lipinski definition) is 12. The topological polar surface area (TPSA) is 199 Å². The number of ether oxygens (including phenoxy) is 3. The van der Waals surface area contributed by atoms with Crippen molar-refractivity contribution in [1.29, 1.82) is 0 Å². The number of anilines is 1. The molecule has 1 aromatic rings. The summed E-state index contributed by atoms with van der Waals surface area (Å²) in [4.78, 5) is 13.0. The number of methoxy groups -OCH3 is 1. The Kier molecular flexibility index (Phi) is 17.1. The van der Waals surface area contributed by atoms with E-state index >= 15 is 0 Å². The molecule has 3 aliphatic rings. The summed E-state index contributed by atoms with van der Waals surface area (Å²) in [5.74, 6) is -0.0899. The molecule has 16 heteroatoms. The minimum Gasteiger partial charge on any atom is -0.748 e. The number of aliphatic carboxylic acids is 1. The van der Waals surface area contributed by atoms with Crippen molar-refractivity contribution in [2.45, 2.75) is 88.9 Å². The van der Waals surface area contributed by atoms with E-state index in [2.05, 4.69) is 25.7 Å². The summed E-state index contributed by atoms with van der Waals surface area (Å²) in [5, 5.41) is 10.0. The lowest BCUT2D eigenvalue weighted by Gasteiger charge is -2.30. The van der Waals surface area contributed by atoms with Gasteiger partial charge in [-0.3, -0.25) is 4.79 Å². The monoisotopic (exact) mass is 859 g/mol. The van der Waals surface area contributed by atoms with E-state index in [9.17, 15) is 35.8 Å². The molecule has 1 unspecified atom stereocenters. The molecule has 1 aliphatic carbocycles. The van der Waals surface area contributed by atoms with Crippen molar-refractivity contribution in [2.24, 2.45) is 0 Å². The molecule has 0 bridgehead atoms. The molecule has 0 saturated carbocycles. The van der Waals surface area contributed by atoms with Crippen LogP contribution in [0.2, 0.25) is 0 Å². The maximum atomic E-state index is 12.3. The molecule has 1 atom stereocenters. The number of nitrogens with zero attached hydrogens (tertiary/aromatic N) is 2. The van der Waals surface area contributed by atoms with Crippen LogP contribution in [0.4, 0.5) is 5.69 Å². The highest BCUT2D eigenvalue weighted by molar-refractivity contribution is 7.86. The van der Waals surface area contributed by atoms with Crippen molar-refractivity contribution in [2.75, 3.05) is 70.4 Å². The fourth-order valence-corrected chi connectivity index (χ4v) is 8.36. The molecule has 0 amide bonds. The maximum Gasteiger partial charge on any atom is 0.303 e. The van der Waals surface area contributed by atoms with E-state index in [0.717, 1.165) is 27.9 Å². The SMILES string of the molecule is CC[N+](CCCS(=O)(=O)[O-])=c1ccc2c(C(C)(C)C)cc(/C=C/C=C3/N(CCCCCC(=O)O)c4ccc(S(=O)(=O)[O-])cc4C3(C)CCOCCOCCOC)oc-2c1. The minimum atomic E-state index is -4.76. The molecule has 2 aliphatic heterocycles. The highest BCUT2D eigenvalue weighted by Gasteiger charge is 2.43. The Morgan fingerprint density at radius 2 is 1.66 bits per heavy atom. The molecule has 0 radical (unpaired) electrons. The lowest BCUT2D eigenvalue weighted by atomic mass is 9.78.